The Morgan fingerprint density at radius 1 is 1.43 bits per heavy atom. The van der Waals surface area contributed by atoms with Gasteiger partial charge in [0.25, 0.3) is 0 Å². The van der Waals surface area contributed by atoms with Gasteiger partial charge in [0, 0.05) is 20.5 Å². The molecule has 114 valence electrons. The quantitative estimate of drug-likeness (QED) is 0.676. The van der Waals surface area contributed by atoms with E-state index in [1.165, 1.54) is 6.33 Å². The Labute approximate surface area is 120 Å². The van der Waals surface area contributed by atoms with Crippen LogP contribution in [0.2, 0.25) is 0 Å². The van der Waals surface area contributed by atoms with Crippen LogP contribution in [0.15, 0.2) is 6.33 Å². The molecule has 3 atom stereocenters. The molecule has 0 amide bonds. The number of aromatic nitrogens is 4. The van der Waals surface area contributed by atoms with Crippen LogP contribution in [0.4, 0.5) is 5.95 Å². The van der Waals surface area contributed by atoms with Crippen molar-refractivity contribution in [1.82, 2.24) is 19.5 Å². The number of aliphatic hydroxyl groups excluding tert-OH is 2. The van der Waals surface area contributed by atoms with E-state index < -0.39 is 18.4 Å². The number of aliphatic hydroxyl groups is 2. The molecular formula is C12H17N5O4. The van der Waals surface area contributed by atoms with Crippen molar-refractivity contribution in [3.05, 3.63) is 6.33 Å². The molecule has 1 fully saturated rings. The van der Waals surface area contributed by atoms with Crippen LogP contribution in [0, 0.1) is 0 Å². The van der Waals surface area contributed by atoms with E-state index in [-0.39, 0.29) is 18.0 Å². The summed E-state index contributed by atoms with van der Waals surface area (Å²) in [6, 6.07) is 0. The van der Waals surface area contributed by atoms with Crippen molar-refractivity contribution in [3.8, 4) is 5.88 Å². The fraction of sp³-hybridized carbons (Fsp3) is 0.583. The van der Waals surface area contributed by atoms with E-state index >= 15 is 0 Å². The molecule has 1 aliphatic rings. The predicted octanol–water partition coefficient (Wildman–Crippen LogP) is -0.761. The van der Waals surface area contributed by atoms with Gasteiger partial charge in [0.2, 0.25) is 11.8 Å². The van der Waals surface area contributed by atoms with Gasteiger partial charge in [-0.1, -0.05) is 0 Å². The molecule has 3 N–H and O–H groups in total. The summed E-state index contributed by atoms with van der Waals surface area (Å²) >= 11 is 0. The Balaban J connectivity index is 2.04. The first-order valence-electron chi connectivity index (χ1n) is 6.56. The molecule has 1 aliphatic heterocycles. The summed E-state index contributed by atoms with van der Waals surface area (Å²) in [5.41, 5.74) is 0.688. The van der Waals surface area contributed by atoms with Gasteiger partial charge in [0.05, 0.1) is 19.0 Å². The number of nitrogens with zero attached hydrogens (tertiary/aromatic N) is 5. The molecule has 0 aliphatic carbocycles. The smallest absolute Gasteiger partial charge is 0.244 e. The minimum absolute atomic E-state index is 0.209. The van der Waals surface area contributed by atoms with E-state index in [9.17, 15) is 10.2 Å². The Bertz CT molecular complexity index is 658. The van der Waals surface area contributed by atoms with Gasteiger partial charge in [0.15, 0.2) is 11.2 Å². The summed E-state index contributed by atoms with van der Waals surface area (Å²) in [6.07, 6.45) is -0.0714. The fourth-order valence-corrected chi connectivity index (χ4v) is 2.35. The van der Waals surface area contributed by atoms with E-state index in [2.05, 4.69) is 15.0 Å². The van der Waals surface area contributed by atoms with Crippen molar-refractivity contribution in [2.24, 2.45) is 0 Å². The number of imidazole rings is 1. The summed E-state index contributed by atoms with van der Waals surface area (Å²) in [4.78, 5) is 14.0. The summed E-state index contributed by atoms with van der Waals surface area (Å²) in [7, 11) is 3.53. The second-order valence-electron chi connectivity index (χ2n) is 5.18. The molecule has 0 bridgehead atoms. The van der Waals surface area contributed by atoms with Crippen LogP contribution in [-0.2, 0) is 4.74 Å². The Kier molecular flexibility index (Phi) is 3.40. The normalized spacial score (nSPS) is 25.6. The number of anilines is 1. The number of hydrogen-bond acceptors (Lipinski definition) is 8. The molecule has 2 aromatic heterocycles. The van der Waals surface area contributed by atoms with Crippen molar-refractivity contribution in [2.75, 3.05) is 25.6 Å². The second kappa shape index (κ2) is 5.10. The maximum Gasteiger partial charge on any atom is 0.244 e. The number of rotatable bonds is 3. The number of aromatic hydroxyl groups is 1. The standard InChI is InChI=1S/C12H17N5O4/c1-16(2)12-14-10-9(11(20)15-12)13-5-17(10)8-3-6(19)7(4-18)21-8/h5-8,18-19H,3-4H2,1-2H3,(H,14,15,20)/t6-,7+,8-/m1/s1. The second-order valence-corrected chi connectivity index (χ2v) is 5.18. The molecule has 0 unspecified atom stereocenters. The van der Waals surface area contributed by atoms with Gasteiger partial charge in [-0.2, -0.15) is 9.97 Å². The highest BCUT2D eigenvalue weighted by molar-refractivity contribution is 5.77. The lowest BCUT2D eigenvalue weighted by Crippen LogP contribution is -2.24. The molecule has 3 rings (SSSR count). The van der Waals surface area contributed by atoms with E-state index in [0.29, 0.717) is 18.0 Å². The monoisotopic (exact) mass is 295 g/mol. The summed E-state index contributed by atoms with van der Waals surface area (Å²) in [6.45, 7) is -0.256. The van der Waals surface area contributed by atoms with Crippen LogP contribution in [0.3, 0.4) is 0 Å². The molecule has 0 radical (unpaired) electrons. The van der Waals surface area contributed by atoms with Crippen molar-refractivity contribution < 1.29 is 20.1 Å². The van der Waals surface area contributed by atoms with Gasteiger partial charge < -0.3 is 25.0 Å². The predicted molar refractivity (Wildman–Crippen MR) is 72.9 cm³/mol. The van der Waals surface area contributed by atoms with Crippen LogP contribution in [-0.4, -0.2) is 67.7 Å². The molecule has 0 saturated carbocycles. The van der Waals surface area contributed by atoms with Crippen LogP contribution in [0.5, 0.6) is 5.88 Å². The summed E-state index contributed by atoms with van der Waals surface area (Å²) < 4.78 is 7.21. The zero-order chi connectivity index (χ0) is 15.1. The van der Waals surface area contributed by atoms with Gasteiger partial charge in [-0.15, -0.1) is 0 Å². The van der Waals surface area contributed by atoms with E-state index in [0.717, 1.165) is 0 Å². The van der Waals surface area contributed by atoms with Crippen molar-refractivity contribution >= 4 is 17.1 Å². The molecule has 0 aromatic carbocycles. The molecular weight excluding hydrogens is 278 g/mol. The largest absolute Gasteiger partial charge is 0.492 e. The third kappa shape index (κ3) is 2.28. The molecule has 1 saturated heterocycles. The average Bonchev–Trinajstić information content (AvgIpc) is 3.01. The van der Waals surface area contributed by atoms with Crippen LogP contribution < -0.4 is 4.90 Å². The maximum absolute atomic E-state index is 9.92. The van der Waals surface area contributed by atoms with Gasteiger partial charge in [-0.05, 0) is 0 Å². The van der Waals surface area contributed by atoms with Gasteiger partial charge >= 0.3 is 0 Å². The van der Waals surface area contributed by atoms with Gasteiger partial charge in [-0.3, -0.25) is 4.57 Å². The number of ether oxygens (including phenoxy) is 1. The van der Waals surface area contributed by atoms with Crippen LogP contribution >= 0.6 is 0 Å². The lowest BCUT2D eigenvalue weighted by Gasteiger charge is -2.15. The van der Waals surface area contributed by atoms with E-state index in [4.69, 9.17) is 9.84 Å². The molecule has 9 heteroatoms. The Morgan fingerprint density at radius 3 is 2.81 bits per heavy atom. The Hall–Kier alpha value is -1.97. The zero-order valence-corrected chi connectivity index (χ0v) is 11.7. The minimum Gasteiger partial charge on any atom is -0.492 e. The van der Waals surface area contributed by atoms with Gasteiger partial charge in [-0.25, -0.2) is 4.98 Å². The van der Waals surface area contributed by atoms with Crippen molar-refractivity contribution in [3.63, 3.8) is 0 Å². The fourth-order valence-electron chi connectivity index (χ4n) is 2.35. The first-order valence-corrected chi connectivity index (χ1v) is 6.56. The minimum atomic E-state index is -0.749. The molecule has 2 aromatic rings. The molecule has 3 heterocycles. The highest BCUT2D eigenvalue weighted by Gasteiger charge is 2.35. The third-order valence-electron chi connectivity index (χ3n) is 3.49. The SMILES string of the molecule is CN(C)c1nc(O)c2ncn([C@H]3C[C@@H](O)[C@H](CO)O3)c2n1. The highest BCUT2D eigenvalue weighted by atomic mass is 16.5. The van der Waals surface area contributed by atoms with Crippen LogP contribution in [0.1, 0.15) is 12.6 Å². The maximum atomic E-state index is 9.92. The summed E-state index contributed by atoms with van der Waals surface area (Å²) in [5.74, 6) is 0.138. The number of fused-ring (bicyclic) bond motifs is 1. The molecule has 0 spiro atoms. The van der Waals surface area contributed by atoms with Crippen LogP contribution in [0.25, 0.3) is 11.2 Å². The van der Waals surface area contributed by atoms with E-state index in [1.807, 2.05) is 0 Å². The number of hydrogen-bond donors (Lipinski definition) is 3. The Morgan fingerprint density at radius 2 is 2.19 bits per heavy atom. The highest BCUT2D eigenvalue weighted by Crippen LogP contribution is 2.32. The van der Waals surface area contributed by atoms with Crippen molar-refractivity contribution in [1.29, 1.82) is 0 Å². The molecule has 9 nitrogen and oxygen atoms in total. The topological polar surface area (TPSA) is 117 Å². The first-order chi connectivity index (χ1) is 10.0. The lowest BCUT2D eigenvalue weighted by molar-refractivity contribution is -0.0432. The average molecular weight is 295 g/mol. The van der Waals surface area contributed by atoms with Gasteiger partial charge in [0.1, 0.15) is 12.3 Å². The molecule has 21 heavy (non-hydrogen) atoms. The third-order valence-corrected chi connectivity index (χ3v) is 3.49. The zero-order valence-electron chi connectivity index (χ0n) is 11.7. The van der Waals surface area contributed by atoms with Crippen molar-refractivity contribution in [2.45, 2.75) is 24.9 Å². The first kappa shape index (κ1) is 14.0. The lowest BCUT2D eigenvalue weighted by atomic mass is 10.2. The van der Waals surface area contributed by atoms with E-state index in [1.54, 1.807) is 23.6 Å². The summed E-state index contributed by atoms with van der Waals surface area (Å²) in [5, 5.41) is 28.9.